The van der Waals surface area contributed by atoms with Crippen LogP contribution in [-0.2, 0) is 11.3 Å². The maximum absolute atomic E-state index is 15.6. The zero-order valence-electron chi connectivity index (χ0n) is 23.5. The van der Waals surface area contributed by atoms with Crippen molar-refractivity contribution in [3.05, 3.63) is 111 Å². The van der Waals surface area contributed by atoms with Crippen LogP contribution in [0.1, 0.15) is 29.4 Å². The molecule has 0 spiro atoms. The molecule has 220 valence electrons. The van der Waals surface area contributed by atoms with Crippen molar-refractivity contribution >= 4 is 34.1 Å². The first-order valence-electron chi connectivity index (χ1n) is 14.0. The molecule has 43 heavy (non-hydrogen) atoms. The van der Waals surface area contributed by atoms with Gasteiger partial charge in [0.25, 0.3) is 0 Å². The van der Waals surface area contributed by atoms with Crippen LogP contribution in [0.2, 0.25) is 5.02 Å². The number of halogens is 2. The van der Waals surface area contributed by atoms with Gasteiger partial charge in [-0.05, 0) is 42.4 Å². The molecular weight excluding hydrogens is 571 g/mol. The summed E-state index contributed by atoms with van der Waals surface area (Å²) in [5, 5.41) is 4.92. The van der Waals surface area contributed by atoms with Crippen molar-refractivity contribution in [2.75, 3.05) is 38.1 Å². The van der Waals surface area contributed by atoms with Crippen LogP contribution in [0.4, 0.5) is 10.1 Å². The Balaban J connectivity index is 1.47. The van der Waals surface area contributed by atoms with Gasteiger partial charge < -0.3 is 24.6 Å². The van der Waals surface area contributed by atoms with E-state index >= 15 is 4.39 Å². The minimum atomic E-state index is -0.583. The molecule has 1 fully saturated rings. The van der Waals surface area contributed by atoms with Crippen LogP contribution in [0, 0.1) is 5.82 Å². The summed E-state index contributed by atoms with van der Waals surface area (Å²) in [5.74, 6) is -1.39. The van der Waals surface area contributed by atoms with E-state index in [2.05, 4.69) is 15.0 Å². The molecule has 1 atom stereocenters. The van der Waals surface area contributed by atoms with E-state index < -0.39 is 23.1 Å². The first kappa shape index (κ1) is 28.6. The highest BCUT2D eigenvalue weighted by Gasteiger charge is 2.26. The Labute approximate surface area is 252 Å². The zero-order chi connectivity index (χ0) is 30.1. The molecule has 0 saturated carbocycles. The molecule has 0 aliphatic carbocycles. The molecular formula is C32H30ClFN6O3. The number of likely N-dealkylation sites (N-methyl/N-ethyl adjacent to an activating group) is 1. The quantitative estimate of drug-likeness (QED) is 0.276. The summed E-state index contributed by atoms with van der Waals surface area (Å²) in [4.78, 5) is 34.5. The number of fused-ring (bicyclic) bond motifs is 1. The zero-order valence-corrected chi connectivity index (χ0v) is 24.3. The topological polar surface area (TPSA) is 110 Å². The van der Waals surface area contributed by atoms with Crippen LogP contribution in [0.15, 0.2) is 82.2 Å². The predicted octanol–water partition coefficient (Wildman–Crippen LogP) is 4.65. The molecule has 2 aromatic heterocycles. The fourth-order valence-electron chi connectivity index (χ4n) is 5.49. The van der Waals surface area contributed by atoms with Crippen molar-refractivity contribution in [3.63, 3.8) is 0 Å². The third-order valence-corrected chi connectivity index (χ3v) is 8.10. The smallest absolute Gasteiger partial charge is 0.235 e. The van der Waals surface area contributed by atoms with E-state index in [1.54, 1.807) is 24.4 Å². The predicted molar refractivity (Wildman–Crippen MR) is 164 cm³/mol. The van der Waals surface area contributed by atoms with Gasteiger partial charge in [-0.25, -0.2) is 4.39 Å². The number of nitrogens with two attached hydrogens (primary N) is 1. The largest absolute Gasteiger partial charge is 0.370 e. The lowest BCUT2D eigenvalue weighted by Crippen LogP contribution is -2.44. The van der Waals surface area contributed by atoms with Gasteiger partial charge >= 0.3 is 0 Å². The monoisotopic (exact) mass is 600 g/mol. The highest BCUT2D eigenvalue weighted by molar-refractivity contribution is 6.30. The second-order valence-electron chi connectivity index (χ2n) is 10.8. The Kier molecular flexibility index (Phi) is 7.96. The number of primary amides is 1. The lowest BCUT2D eigenvalue weighted by Gasteiger charge is -2.34. The average Bonchev–Trinajstić information content (AvgIpc) is 3.49. The van der Waals surface area contributed by atoms with Crippen molar-refractivity contribution in [3.8, 4) is 11.4 Å². The van der Waals surface area contributed by atoms with Crippen LogP contribution in [-0.4, -0.2) is 58.7 Å². The standard InChI is InChI=1S/C32H30ClFN6O3/c1-38-11-13-39(14-12-38)28-17-27-24(15-26(28)34)30(42)25(19-40(27)18-20-7-9-22(33)10-8-20)31-36-32(43-37-31)23(16-29(35)41)21-5-3-2-4-6-21/h2-10,15,17,19,23H,11-14,16,18H2,1H3,(H2,35,41). The van der Waals surface area contributed by atoms with Gasteiger partial charge in [-0.1, -0.05) is 59.2 Å². The van der Waals surface area contributed by atoms with Gasteiger partial charge in [0.1, 0.15) is 5.82 Å². The molecule has 3 aromatic carbocycles. The number of piperazine rings is 1. The van der Waals surface area contributed by atoms with Crippen molar-refractivity contribution in [1.29, 1.82) is 0 Å². The summed E-state index contributed by atoms with van der Waals surface area (Å²) in [6.45, 7) is 3.37. The third-order valence-electron chi connectivity index (χ3n) is 7.85. The molecule has 11 heteroatoms. The highest BCUT2D eigenvalue weighted by Crippen LogP contribution is 2.30. The van der Waals surface area contributed by atoms with Gasteiger partial charge in [0.05, 0.1) is 22.7 Å². The van der Waals surface area contributed by atoms with Crippen molar-refractivity contribution in [2.45, 2.75) is 18.9 Å². The van der Waals surface area contributed by atoms with E-state index in [1.165, 1.54) is 6.07 Å². The number of hydrogen-bond donors (Lipinski definition) is 1. The molecule has 1 amide bonds. The summed E-state index contributed by atoms with van der Waals surface area (Å²) in [5.41, 5.74) is 8.00. The first-order chi connectivity index (χ1) is 20.8. The lowest BCUT2D eigenvalue weighted by atomic mass is 9.95. The van der Waals surface area contributed by atoms with Crippen molar-refractivity contribution < 1.29 is 13.7 Å². The van der Waals surface area contributed by atoms with E-state index in [1.807, 2.05) is 59.0 Å². The van der Waals surface area contributed by atoms with Gasteiger partial charge in [0.15, 0.2) is 0 Å². The highest BCUT2D eigenvalue weighted by atomic mass is 35.5. The summed E-state index contributed by atoms with van der Waals surface area (Å²) in [6.07, 6.45) is 1.62. The molecule has 9 nitrogen and oxygen atoms in total. The summed E-state index contributed by atoms with van der Waals surface area (Å²) >= 11 is 6.12. The molecule has 1 unspecified atom stereocenters. The molecule has 6 rings (SSSR count). The van der Waals surface area contributed by atoms with Gasteiger partial charge in [-0.15, -0.1) is 0 Å². The van der Waals surface area contributed by atoms with Crippen molar-refractivity contribution in [2.24, 2.45) is 5.73 Å². The van der Waals surface area contributed by atoms with Gasteiger partial charge in [0, 0.05) is 55.8 Å². The number of carbonyl (C=O) groups is 1. The number of carbonyl (C=O) groups excluding carboxylic acids is 1. The fourth-order valence-corrected chi connectivity index (χ4v) is 5.61. The molecule has 0 bridgehead atoms. The van der Waals surface area contributed by atoms with Crippen molar-refractivity contribution in [1.82, 2.24) is 19.6 Å². The maximum Gasteiger partial charge on any atom is 0.235 e. The molecule has 0 radical (unpaired) electrons. The van der Waals surface area contributed by atoms with Gasteiger partial charge in [-0.3, -0.25) is 9.59 Å². The number of rotatable bonds is 8. The second kappa shape index (κ2) is 12.0. The van der Waals surface area contributed by atoms with Crippen LogP contribution in [0.25, 0.3) is 22.3 Å². The fraction of sp³-hybridized carbons (Fsp3) is 0.250. The van der Waals surface area contributed by atoms with E-state index in [-0.39, 0.29) is 29.1 Å². The van der Waals surface area contributed by atoms with Crippen LogP contribution < -0.4 is 16.1 Å². The maximum atomic E-state index is 15.6. The Bertz CT molecular complexity index is 1830. The summed E-state index contributed by atoms with van der Waals surface area (Å²) in [7, 11) is 2.04. The lowest BCUT2D eigenvalue weighted by molar-refractivity contribution is -0.118. The normalized spacial score (nSPS) is 14.7. The number of hydrogen-bond acceptors (Lipinski definition) is 7. The Morgan fingerprint density at radius 2 is 1.79 bits per heavy atom. The minimum Gasteiger partial charge on any atom is -0.370 e. The summed E-state index contributed by atoms with van der Waals surface area (Å²) in [6, 6.07) is 19.7. The van der Waals surface area contributed by atoms with Gasteiger partial charge in [-0.2, -0.15) is 4.98 Å². The number of amides is 1. The van der Waals surface area contributed by atoms with E-state index in [0.717, 1.165) is 24.2 Å². The summed E-state index contributed by atoms with van der Waals surface area (Å²) < 4.78 is 23.1. The first-order valence-corrected chi connectivity index (χ1v) is 14.4. The minimum absolute atomic E-state index is 0.0423. The molecule has 5 aromatic rings. The Morgan fingerprint density at radius 3 is 2.49 bits per heavy atom. The average molecular weight is 601 g/mol. The number of nitrogens with zero attached hydrogens (tertiary/aromatic N) is 5. The Hall–Kier alpha value is -4.54. The molecule has 2 N–H and O–H groups in total. The second-order valence-corrected chi connectivity index (χ2v) is 11.3. The van der Waals surface area contributed by atoms with Crippen LogP contribution in [0.5, 0.6) is 0 Å². The van der Waals surface area contributed by atoms with E-state index in [9.17, 15) is 9.59 Å². The molecule has 1 aliphatic heterocycles. The molecule has 1 saturated heterocycles. The molecule has 1 aliphatic rings. The van der Waals surface area contributed by atoms with Gasteiger partial charge in [0.2, 0.25) is 23.1 Å². The van der Waals surface area contributed by atoms with E-state index in [4.69, 9.17) is 21.9 Å². The number of pyridine rings is 1. The van der Waals surface area contributed by atoms with E-state index in [0.29, 0.717) is 35.9 Å². The third kappa shape index (κ3) is 6.02. The number of aromatic nitrogens is 3. The van der Waals surface area contributed by atoms with Crippen LogP contribution in [0.3, 0.4) is 0 Å². The Morgan fingerprint density at radius 1 is 1.07 bits per heavy atom. The number of anilines is 1. The molecule has 3 heterocycles. The number of benzene rings is 3. The van der Waals surface area contributed by atoms with Crippen LogP contribution >= 0.6 is 11.6 Å². The SMILES string of the molecule is CN1CCN(c2cc3c(cc2F)c(=O)c(-c2noc(C(CC(N)=O)c4ccccc4)n2)cn3Cc2ccc(Cl)cc2)CC1.